The minimum absolute atomic E-state index is 0.0439. The maximum atomic E-state index is 12.9. The Morgan fingerprint density at radius 2 is 1.90 bits per heavy atom. The number of amides is 1. The van der Waals surface area contributed by atoms with Crippen molar-refractivity contribution in [2.75, 3.05) is 7.05 Å². The van der Waals surface area contributed by atoms with Gasteiger partial charge < -0.3 is 9.32 Å². The Morgan fingerprint density at radius 1 is 1.20 bits per heavy atom. The zero-order valence-corrected chi connectivity index (χ0v) is 10.6. The number of hydrogen-bond acceptors (Lipinski definition) is 2. The van der Waals surface area contributed by atoms with E-state index < -0.39 is 17.6 Å². The molecule has 0 aliphatic carbocycles. The van der Waals surface area contributed by atoms with Gasteiger partial charge in [0.1, 0.15) is 0 Å². The van der Waals surface area contributed by atoms with Crippen LogP contribution in [0.2, 0.25) is 0 Å². The molecule has 0 aliphatic rings. The lowest BCUT2D eigenvalue weighted by Gasteiger charge is -2.19. The van der Waals surface area contributed by atoms with Gasteiger partial charge >= 0.3 is 6.18 Å². The van der Waals surface area contributed by atoms with Gasteiger partial charge in [-0.1, -0.05) is 18.2 Å². The minimum atomic E-state index is -4.44. The number of furan rings is 1. The summed E-state index contributed by atoms with van der Waals surface area (Å²) in [5.74, 6) is -0.371. The molecule has 0 fully saturated rings. The molecule has 0 saturated heterocycles. The predicted molar refractivity (Wildman–Crippen MR) is 65.9 cm³/mol. The highest BCUT2D eigenvalue weighted by Crippen LogP contribution is 2.32. The number of carbonyl (C=O) groups excluding carboxylic acids is 1. The number of hydrogen-bond donors (Lipinski definition) is 0. The average Bonchev–Trinajstić information content (AvgIpc) is 2.91. The van der Waals surface area contributed by atoms with E-state index in [0.717, 1.165) is 6.07 Å². The highest BCUT2D eigenvalue weighted by Gasteiger charge is 2.33. The van der Waals surface area contributed by atoms with Crippen molar-refractivity contribution in [3.63, 3.8) is 0 Å². The van der Waals surface area contributed by atoms with E-state index in [2.05, 4.69) is 0 Å². The van der Waals surface area contributed by atoms with E-state index in [4.69, 9.17) is 4.42 Å². The smallest absolute Gasteiger partial charge is 0.416 e. The van der Waals surface area contributed by atoms with Gasteiger partial charge in [-0.2, -0.15) is 13.2 Å². The second-order valence-electron chi connectivity index (χ2n) is 4.29. The zero-order chi connectivity index (χ0) is 14.8. The van der Waals surface area contributed by atoms with Crippen molar-refractivity contribution in [2.24, 2.45) is 0 Å². The van der Waals surface area contributed by atoms with Gasteiger partial charge in [0.25, 0.3) is 5.91 Å². The Bertz CT molecular complexity index is 591. The van der Waals surface area contributed by atoms with Crippen molar-refractivity contribution in [3.8, 4) is 0 Å². The van der Waals surface area contributed by atoms with E-state index in [1.54, 1.807) is 6.07 Å². The van der Waals surface area contributed by atoms with E-state index in [9.17, 15) is 18.0 Å². The van der Waals surface area contributed by atoms with Crippen molar-refractivity contribution >= 4 is 5.91 Å². The monoisotopic (exact) mass is 283 g/mol. The Morgan fingerprint density at radius 3 is 2.50 bits per heavy atom. The number of carbonyl (C=O) groups is 1. The molecular formula is C14H12F3NO2. The van der Waals surface area contributed by atoms with E-state index >= 15 is 0 Å². The fraction of sp³-hybridized carbons (Fsp3) is 0.214. The van der Waals surface area contributed by atoms with E-state index in [1.165, 1.54) is 42.5 Å². The molecule has 1 aromatic heterocycles. The Balaban J connectivity index is 2.20. The summed E-state index contributed by atoms with van der Waals surface area (Å²) in [5.41, 5.74) is -0.693. The van der Waals surface area contributed by atoms with Crippen LogP contribution in [0.1, 0.15) is 21.7 Å². The molecule has 0 bridgehead atoms. The molecule has 0 atom stereocenters. The summed E-state index contributed by atoms with van der Waals surface area (Å²) in [7, 11) is 1.43. The van der Waals surface area contributed by atoms with Gasteiger partial charge in [0.05, 0.1) is 11.8 Å². The van der Waals surface area contributed by atoms with Crippen LogP contribution in [-0.2, 0) is 12.7 Å². The first kappa shape index (κ1) is 14.2. The summed E-state index contributed by atoms with van der Waals surface area (Å²) in [6.07, 6.45) is -3.10. The molecule has 106 valence electrons. The third-order valence-corrected chi connectivity index (χ3v) is 2.81. The fourth-order valence-electron chi connectivity index (χ4n) is 1.85. The number of benzene rings is 1. The number of alkyl halides is 3. The number of halogens is 3. The highest BCUT2D eigenvalue weighted by molar-refractivity contribution is 5.91. The van der Waals surface area contributed by atoms with Gasteiger partial charge in [0, 0.05) is 13.6 Å². The lowest BCUT2D eigenvalue weighted by Crippen LogP contribution is -2.27. The maximum Gasteiger partial charge on any atom is 0.416 e. The summed E-state index contributed by atoms with van der Waals surface area (Å²) < 4.78 is 43.5. The van der Waals surface area contributed by atoms with E-state index in [0.29, 0.717) is 0 Å². The molecule has 3 nitrogen and oxygen atoms in total. The van der Waals surface area contributed by atoms with Gasteiger partial charge in [-0.25, -0.2) is 0 Å². The van der Waals surface area contributed by atoms with Gasteiger partial charge in [0.15, 0.2) is 5.76 Å². The van der Waals surface area contributed by atoms with Crippen molar-refractivity contribution in [1.82, 2.24) is 4.90 Å². The quantitative estimate of drug-likeness (QED) is 0.862. The maximum absolute atomic E-state index is 12.9. The van der Waals surface area contributed by atoms with E-state index in [-0.39, 0.29) is 17.9 Å². The van der Waals surface area contributed by atoms with Crippen LogP contribution in [0.25, 0.3) is 0 Å². The molecular weight excluding hydrogens is 271 g/mol. The molecule has 1 heterocycles. The Kier molecular flexibility index (Phi) is 3.83. The molecule has 0 saturated carbocycles. The van der Waals surface area contributed by atoms with Crippen LogP contribution in [0.4, 0.5) is 13.2 Å². The van der Waals surface area contributed by atoms with Crippen molar-refractivity contribution in [1.29, 1.82) is 0 Å². The summed E-state index contributed by atoms with van der Waals surface area (Å²) in [5, 5.41) is 0. The summed E-state index contributed by atoms with van der Waals surface area (Å²) in [4.78, 5) is 13.1. The largest absolute Gasteiger partial charge is 0.459 e. The first-order chi connectivity index (χ1) is 9.39. The second kappa shape index (κ2) is 5.40. The topological polar surface area (TPSA) is 33.5 Å². The van der Waals surface area contributed by atoms with Gasteiger partial charge in [-0.05, 0) is 23.8 Å². The van der Waals surface area contributed by atoms with Crippen molar-refractivity contribution in [2.45, 2.75) is 12.7 Å². The Labute approximate surface area is 113 Å². The third kappa shape index (κ3) is 3.01. The van der Waals surface area contributed by atoms with Crippen molar-refractivity contribution in [3.05, 3.63) is 59.5 Å². The fourth-order valence-corrected chi connectivity index (χ4v) is 1.85. The first-order valence-electron chi connectivity index (χ1n) is 5.83. The molecule has 20 heavy (non-hydrogen) atoms. The van der Waals surface area contributed by atoms with Crippen LogP contribution in [0.5, 0.6) is 0 Å². The molecule has 1 amide bonds. The lowest BCUT2D eigenvalue weighted by atomic mass is 10.1. The molecule has 1 aromatic carbocycles. The standard InChI is InChI=1S/C14H12F3NO2/c1-18(13(19)12-7-4-8-20-12)9-10-5-2-3-6-11(10)14(15,16)17/h2-8H,9H2,1H3. The molecule has 0 N–H and O–H groups in total. The van der Waals surface area contributed by atoms with E-state index in [1.807, 2.05) is 0 Å². The normalized spacial score (nSPS) is 11.4. The average molecular weight is 283 g/mol. The van der Waals surface area contributed by atoms with Crippen LogP contribution in [0, 0.1) is 0 Å². The molecule has 0 spiro atoms. The summed E-state index contributed by atoms with van der Waals surface area (Å²) in [6.45, 7) is -0.144. The third-order valence-electron chi connectivity index (χ3n) is 2.81. The van der Waals surface area contributed by atoms with Crippen molar-refractivity contribution < 1.29 is 22.4 Å². The van der Waals surface area contributed by atoms with Gasteiger partial charge in [-0.15, -0.1) is 0 Å². The van der Waals surface area contributed by atoms with Crippen LogP contribution in [0.15, 0.2) is 47.1 Å². The highest BCUT2D eigenvalue weighted by atomic mass is 19.4. The number of rotatable bonds is 3. The van der Waals surface area contributed by atoms with Crippen LogP contribution in [0.3, 0.4) is 0 Å². The van der Waals surface area contributed by atoms with Gasteiger partial charge in [-0.3, -0.25) is 4.79 Å². The van der Waals surface area contributed by atoms with Crippen LogP contribution in [-0.4, -0.2) is 17.9 Å². The molecule has 2 aromatic rings. The molecule has 0 aliphatic heterocycles. The second-order valence-corrected chi connectivity index (χ2v) is 4.29. The SMILES string of the molecule is CN(Cc1ccccc1C(F)(F)F)C(=O)c1ccco1. The van der Waals surface area contributed by atoms with Crippen LogP contribution < -0.4 is 0 Å². The van der Waals surface area contributed by atoms with Crippen LogP contribution >= 0.6 is 0 Å². The summed E-state index contributed by atoms with van der Waals surface area (Å²) in [6, 6.07) is 8.20. The molecule has 0 radical (unpaired) electrons. The lowest BCUT2D eigenvalue weighted by molar-refractivity contribution is -0.138. The molecule has 0 unspecified atom stereocenters. The predicted octanol–water partition coefficient (Wildman–Crippen LogP) is 3.57. The first-order valence-corrected chi connectivity index (χ1v) is 5.83. The molecule has 2 rings (SSSR count). The number of nitrogens with zero attached hydrogens (tertiary/aromatic N) is 1. The Hall–Kier alpha value is -2.24. The molecule has 6 heteroatoms. The zero-order valence-electron chi connectivity index (χ0n) is 10.6. The van der Waals surface area contributed by atoms with Gasteiger partial charge in [0.2, 0.25) is 0 Å². The minimum Gasteiger partial charge on any atom is -0.459 e. The summed E-state index contributed by atoms with van der Waals surface area (Å²) >= 11 is 0.